The maximum atomic E-state index is 15.2. The Morgan fingerprint density at radius 1 is 1.05 bits per heavy atom. The Hall–Kier alpha value is -5.41. The minimum absolute atomic E-state index is 0.0507. The average molecular weight is 814 g/mol. The number of benzene rings is 2. The number of ether oxygens (including phenoxy) is 1. The van der Waals surface area contributed by atoms with E-state index in [0.717, 1.165) is 4.90 Å². The van der Waals surface area contributed by atoms with Crippen LogP contribution in [0.5, 0.6) is 11.5 Å². The van der Waals surface area contributed by atoms with Crippen molar-refractivity contribution in [1.29, 1.82) is 0 Å². The van der Waals surface area contributed by atoms with Gasteiger partial charge in [0.15, 0.2) is 17.3 Å². The number of alkyl halides is 3. The summed E-state index contributed by atoms with van der Waals surface area (Å²) < 4.78 is 45.6. The molecule has 56 heavy (non-hydrogen) atoms. The number of fused-ring (bicyclic) bond motifs is 4. The maximum absolute atomic E-state index is 15.2. The molecular formula is C39H33Cl2F3N4O8. The van der Waals surface area contributed by atoms with E-state index in [-0.39, 0.29) is 49.5 Å². The predicted octanol–water partition coefficient (Wildman–Crippen LogP) is 6.52. The second-order valence-electron chi connectivity index (χ2n) is 14.1. The summed E-state index contributed by atoms with van der Waals surface area (Å²) in [7, 11) is 1.38. The van der Waals surface area contributed by atoms with Crippen LogP contribution in [0.4, 0.5) is 19.0 Å². The van der Waals surface area contributed by atoms with Crippen molar-refractivity contribution in [3.63, 3.8) is 0 Å². The number of nitrogens with zero attached hydrogens (tertiary/aromatic N) is 3. The van der Waals surface area contributed by atoms with E-state index in [1.165, 1.54) is 13.2 Å². The second-order valence-corrected chi connectivity index (χ2v) is 14.9. The van der Waals surface area contributed by atoms with Gasteiger partial charge in [-0.15, -0.1) is 0 Å². The molecule has 3 aromatic rings. The van der Waals surface area contributed by atoms with Crippen molar-refractivity contribution < 1.29 is 52.1 Å². The SMILES string of the molecule is COc1cc(C=C[C@H]2C3=CC[C@@H]4C(=O)N(CCCC(=O)O)C(=O)[C@@H]4[C@@H]3C[C@H]3C(=O)N(Nc4ncc(C(F)(F)F)cc4Cl)C(=O)[C@@]23c2ccc(Cl)cc2)ccc1O. The summed E-state index contributed by atoms with van der Waals surface area (Å²) in [5, 5.41) is 19.9. The summed E-state index contributed by atoms with van der Waals surface area (Å²) >= 11 is 12.5. The fraction of sp³-hybridized carbons (Fsp3) is 0.333. The number of aromatic hydroxyl groups is 1. The van der Waals surface area contributed by atoms with Gasteiger partial charge in [-0.25, -0.2) is 4.98 Å². The van der Waals surface area contributed by atoms with Crippen LogP contribution >= 0.6 is 23.2 Å². The standard InChI is InChI=1S/C39H33Cl2F3N4O8/c1-56-30-15-19(5-13-29(30)49)4-12-26-23-10-11-24-32(36(54)47(34(24)52)14-2-3-31(50)51)25(23)17-27-35(53)48(37(55)38(26,27)20-6-8-22(40)9-7-20)46-33-28(41)16-21(18-45-33)39(42,43)44/h4-10,12-13,15-16,18,24-27,32,49H,2-3,11,14,17H2,1H3,(H,45,46)(H,50,51)/t24-,25+,26-,27-,32-,38-/m0/s1. The maximum Gasteiger partial charge on any atom is 0.417 e. The highest BCUT2D eigenvalue weighted by molar-refractivity contribution is 6.33. The molecule has 2 saturated heterocycles. The topological polar surface area (TPSA) is 166 Å². The number of carboxylic acids is 1. The molecule has 1 saturated carbocycles. The third-order valence-corrected chi connectivity index (χ3v) is 11.7. The molecule has 7 rings (SSSR count). The zero-order valence-corrected chi connectivity index (χ0v) is 30.9. The van der Waals surface area contributed by atoms with Crippen LogP contribution in [-0.4, -0.2) is 68.4 Å². The van der Waals surface area contributed by atoms with Gasteiger partial charge in [0.1, 0.15) is 0 Å². The van der Waals surface area contributed by atoms with Crippen molar-refractivity contribution in [2.75, 3.05) is 19.1 Å². The smallest absolute Gasteiger partial charge is 0.417 e. The van der Waals surface area contributed by atoms with Gasteiger partial charge in [0.05, 0.1) is 40.9 Å². The van der Waals surface area contributed by atoms with Crippen molar-refractivity contribution in [2.45, 2.75) is 37.3 Å². The molecule has 2 aliphatic carbocycles. The Morgan fingerprint density at radius 3 is 2.45 bits per heavy atom. The monoisotopic (exact) mass is 812 g/mol. The Kier molecular flexibility index (Phi) is 10.1. The molecule has 0 bridgehead atoms. The molecule has 17 heteroatoms. The number of phenols is 1. The molecule has 0 radical (unpaired) electrons. The summed E-state index contributed by atoms with van der Waals surface area (Å²) in [6.07, 6.45) is 0.816. The number of nitrogens with one attached hydrogen (secondary N) is 1. The third-order valence-electron chi connectivity index (χ3n) is 11.2. The lowest BCUT2D eigenvalue weighted by molar-refractivity contribution is -0.142. The number of imide groups is 2. The minimum Gasteiger partial charge on any atom is -0.504 e. The highest BCUT2D eigenvalue weighted by Gasteiger charge is 2.69. The first-order valence-electron chi connectivity index (χ1n) is 17.5. The third kappa shape index (κ3) is 6.45. The van der Waals surface area contributed by atoms with E-state index in [4.69, 9.17) is 27.9 Å². The van der Waals surface area contributed by atoms with Crippen molar-refractivity contribution in [2.24, 2.45) is 29.6 Å². The fourth-order valence-electron chi connectivity index (χ4n) is 8.71. The molecule has 3 heterocycles. The van der Waals surface area contributed by atoms with Gasteiger partial charge < -0.3 is 14.9 Å². The average Bonchev–Trinajstić information content (AvgIpc) is 3.52. The van der Waals surface area contributed by atoms with Crippen molar-refractivity contribution in [1.82, 2.24) is 14.9 Å². The fourth-order valence-corrected chi connectivity index (χ4v) is 9.04. The summed E-state index contributed by atoms with van der Waals surface area (Å²) in [6.45, 7) is -0.0980. The lowest BCUT2D eigenvalue weighted by atomic mass is 9.50. The molecule has 292 valence electrons. The number of likely N-dealkylation sites (tertiary alicyclic amines) is 1. The summed E-state index contributed by atoms with van der Waals surface area (Å²) in [5.74, 6) is -8.52. The van der Waals surface area contributed by atoms with Crippen LogP contribution in [0.1, 0.15) is 42.4 Å². The Balaban J connectivity index is 1.38. The number of carbonyl (C=O) groups is 5. The number of hydrogen-bond acceptors (Lipinski definition) is 9. The molecule has 3 fully saturated rings. The number of amides is 4. The van der Waals surface area contributed by atoms with Crippen LogP contribution in [0.2, 0.25) is 10.0 Å². The summed E-state index contributed by atoms with van der Waals surface area (Å²) in [4.78, 5) is 73.8. The minimum atomic E-state index is -4.77. The number of hydrazine groups is 1. The van der Waals surface area contributed by atoms with Crippen molar-refractivity contribution in [3.8, 4) is 11.5 Å². The molecule has 4 amide bonds. The van der Waals surface area contributed by atoms with Crippen molar-refractivity contribution in [3.05, 3.63) is 99.2 Å². The molecule has 0 spiro atoms. The molecule has 3 N–H and O–H groups in total. The van der Waals surface area contributed by atoms with E-state index in [1.807, 2.05) is 6.08 Å². The van der Waals surface area contributed by atoms with Gasteiger partial charge in [-0.3, -0.25) is 34.3 Å². The number of methoxy groups -OCH3 is 1. The van der Waals surface area contributed by atoms with E-state index in [1.54, 1.807) is 48.6 Å². The van der Waals surface area contributed by atoms with Gasteiger partial charge >= 0.3 is 12.1 Å². The van der Waals surface area contributed by atoms with E-state index in [0.29, 0.717) is 39.0 Å². The molecular weight excluding hydrogens is 780 g/mol. The lowest BCUT2D eigenvalue weighted by Gasteiger charge is -2.49. The Labute approximate surface area is 327 Å². The molecule has 2 aliphatic heterocycles. The Bertz CT molecular complexity index is 2210. The molecule has 1 aromatic heterocycles. The van der Waals surface area contributed by atoms with Gasteiger partial charge in [0.25, 0.3) is 11.8 Å². The number of rotatable bonds is 10. The number of anilines is 1. The number of phenolic OH excluding ortho intramolecular Hbond substituents is 1. The predicted molar refractivity (Wildman–Crippen MR) is 195 cm³/mol. The lowest BCUT2D eigenvalue weighted by Crippen LogP contribution is -2.54. The quantitative estimate of drug-likeness (QED) is 0.152. The first-order valence-corrected chi connectivity index (χ1v) is 18.3. The van der Waals surface area contributed by atoms with E-state index in [9.17, 15) is 42.6 Å². The largest absolute Gasteiger partial charge is 0.504 e. The molecule has 2 aromatic carbocycles. The summed E-state index contributed by atoms with van der Waals surface area (Å²) in [5.41, 5.74) is 1.24. The van der Waals surface area contributed by atoms with Crippen LogP contribution < -0.4 is 10.2 Å². The van der Waals surface area contributed by atoms with E-state index in [2.05, 4.69) is 10.4 Å². The van der Waals surface area contributed by atoms with E-state index >= 15 is 4.79 Å². The summed E-state index contributed by atoms with van der Waals surface area (Å²) in [6, 6.07) is 11.5. The number of pyridine rings is 1. The zero-order chi connectivity index (χ0) is 40.3. The molecule has 4 aliphatic rings. The second kappa shape index (κ2) is 14.6. The van der Waals surface area contributed by atoms with Crippen LogP contribution in [0.15, 0.2) is 72.5 Å². The number of hydrogen-bond donors (Lipinski definition) is 3. The van der Waals surface area contributed by atoms with Crippen LogP contribution in [-0.2, 0) is 35.6 Å². The first kappa shape index (κ1) is 38.8. The highest BCUT2D eigenvalue weighted by Crippen LogP contribution is 2.61. The number of aliphatic carboxylic acids is 1. The van der Waals surface area contributed by atoms with Gasteiger partial charge in [-0.1, -0.05) is 65.2 Å². The van der Waals surface area contributed by atoms with Gasteiger partial charge in [-0.05, 0) is 66.6 Å². The molecule has 0 unspecified atom stereocenters. The first-order chi connectivity index (χ1) is 26.6. The van der Waals surface area contributed by atoms with Crippen LogP contribution in [0.3, 0.4) is 0 Å². The number of carboxylic acid groups (broad SMARTS) is 1. The van der Waals surface area contributed by atoms with Crippen LogP contribution in [0.25, 0.3) is 6.08 Å². The van der Waals surface area contributed by atoms with Gasteiger partial charge in [0, 0.05) is 30.1 Å². The number of aromatic nitrogens is 1. The highest BCUT2D eigenvalue weighted by atomic mass is 35.5. The van der Waals surface area contributed by atoms with Gasteiger partial charge in [-0.2, -0.15) is 18.2 Å². The number of carbonyl (C=O) groups excluding carboxylic acids is 4. The van der Waals surface area contributed by atoms with Crippen LogP contribution in [0, 0.1) is 29.6 Å². The molecule has 12 nitrogen and oxygen atoms in total. The number of allylic oxidation sites excluding steroid dienone is 3. The normalized spacial score (nSPS) is 26.0. The van der Waals surface area contributed by atoms with Crippen molar-refractivity contribution >= 4 is 64.7 Å². The molecule has 6 atom stereocenters. The zero-order valence-electron chi connectivity index (χ0n) is 29.4. The van der Waals surface area contributed by atoms with Gasteiger partial charge in [0.2, 0.25) is 11.8 Å². The van der Waals surface area contributed by atoms with E-state index < -0.39 is 81.4 Å². The Morgan fingerprint density at radius 2 is 1.79 bits per heavy atom. The number of halogens is 5.